The number of hydrogen-bond acceptors (Lipinski definition) is 2. The van der Waals surface area contributed by atoms with E-state index in [0.29, 0.717) is 12.3 Å². The Bertz CT molecular complexity index is 87.3. The first-order valence-electron chi connectivity index (χ1n) is 3.81. The summed E-state index contributed by atoms with van der Waals surface area (Å²) in [5.41, 5.74) is -0.871. The highest BCUT2D eigenvalue weighted by atomic mass is 16.3. The summed E-state index contributed by atoms with van der Waals surface area (Å²) in [5.74, 6) is 0.595. The van der Waals surface area contributed by atoms with Crippen molar-refractivity contribution in [2.75, 3.05) is 6.61 Å². The first-order chi connectivity index (χ1) is 4.48. The Hall–Kier alpha value is -0.0800. The molecule has 0 aromatic heterocycles. The molecule has 0 fully saturated rings. The maximum absolute atomic E-state index is 9.32. The molecule has 2 heteroatoms. The van der Waals surface area contributed by atoms with Crippen LogP contribution >= 0.6 is 0 Å². The summed E-state index contributed by atoms with van der Waals surface area (Å²) >= 11 is 0. The summed E-state index contributed by atoms with van der Waals surface area (Å²) < 4.78 is 0. The number of hydrogen-bond donors (Lipinski definition) is 2. The van der Waals surface area contributed by atoms with Gasteiger partial charge in [-0.15, -0.1) is 0 Å². The molecule has 0 radical (unpaired) electrons. The van der Waals surface area contributed by atoms with Crippen molar-refractivity contribution in [2.24, 2.45) is 5.92 Å². The van der Waals surface area contributed by atoms with Crippen LogP contribution in [0.25, 0.3) is 0 Å². The van der Waals surface area contributed by atoms with Gasteiger partial charge in [-0.05, 0) is 25.7 Å². The Balaban J connectivity index is 3.46. The van der Waals surface area contributed by atoms with E-state index in [0.717, 1.165) is 6.42 Å². The molecule has 0 spiro atoms. The van der Waals surface area contributed by atoms with Crippen LogP contribution in [0.1, 0.15) is 33.6 Å². The Kier molecular flexibility index (Phi) is 3.91. The lowest BCUT2D eigenvalue weighted by atomic mass is 9.96. The van der Waals surface area contributed by atoms with Crippen LogP contribution in [0.2, 0.25) is 0 Å². The smallest absolute Gasteiger partial charge is 0.0849 e. The summed E-state index contributed by atoms with van der Waals surface area (Å²) in [6.07, 6.45) is 1.65. The van der Waals surface area contributed by atoms with E-state index in [4.69, 9.17) is 5.11 Å². The van der Waals surface area contributed by atoms with Gasteiger partial charge in [-0.25, -0.2) is 0 Å². The van der Waals surface area contributed by atoms with Crippen molar-refractivity contribution in [1.29, 1.82) is 0 Å². The van der Waals surface area contributed by atoms with Gasteiger partial charge in [-0.1, -0.05) is 13.8 Å². The van der Waals surface area contributed by atoms with E-state index < -0.39 is 5.60 Å². The van der Waals surface area contributed by atoms with Crippen LogP contribution in [-0.4, -0.2) is 22.4 Å². The SMILES string of the molecule is CC(C)CC[C@](C)(O)CO. The molecule has 0 aliphatic heterocycles. The molecule has 0 heterocycles. The van der Waals surface area contributed by atoms with Gasteiger partial charge in [-0.2, -0.15) is 0 Å². The molecular formula is C8H18O2. The molecule has 62 valence electrons. The van der Waals surface area contributed by atoms with Crippen molar-refractivity contribution in [2.45, 2.75) is 39.2 Å². The highest BCUT2D eigenvalue weighted by molar-refractivity contribution is 4.70. The fourth-order valence-electron chi connectivity index (χ4n) is 0.679. The second-order valence-electron chi connectivity index (χ2n) is 3.59. The largest absolute Gasteiger partial charge is 0.393 e. The van der Waals surface area contributed by atoms with Crippen molar-refractivity contribution >= 4 is 0 Å². The maximum atomic E-state index is 9.32. The molecule has 0 aromatic carbocycles. The Morgan fingerprint density at radius 3 is 2.20 bits per heavy atom. The third kappa shape index (κ3) is 4.77. The lowest BCUT2D eigenvalue weighted by Crippen LogP contribution is -2.29. The molecule has 2 N–H and O–H groups in total. The fourth-order valence-corrected chi connectivity index (χ4v) is 0.679. The molecule has 0 aliphatic carbocycles. The van der Waals surface area contributed by atoms with Crippen LogP contribution < -0.4 is 0 Å². The molecule has 0 unspecified atom stereocenters. The monoisotopic (exact) mass is 146 g/mol. The minimum absolute atomic E-state index is 0.139. The second-order valence-corrected chi connectivity index (χ2v) is 3.59. The third-order valence-electron chi connectivity index (χ3n) is 1.60. The predicted molar refractivity (Wildman–Crippen MR) is 41.8 cm³/mol. The summed E-state index contributed by atoms with van der Waals surface area (Å²) in [5, 5.41) is 18.0. The summed E-state index contributed by atoms with van der Waals surface area (Å²) in [4.78, 5) is 0. The van der Waals surface area contributed by atoms with E-state index in [2.05, 4.69) is 13.8 Å². The van der Waals surface area contributed by atoms with Gasteiger partial charge in [-0.3, -0.25) is 0 Å². The van der Waals surface area contributed by atoms with Gasteiger partial charge in [0.1, 0.15) is 0 Å². The van der Waals surface area contributed by atoms with E-state index in [9.17, 15) is 5.11 Å². The van der Waals surface area contributed by atoms with Crippen LogP contribution in [0.3, 0.4) is 0 Å². The first-order valence-corrected chi connectivity index (χ1v) is 3.81. The number of aliphatic hydroxyl groups is 2. The highest BCUT2D eigenvalue weighted by Gasteiger charge is 2.18. The quantitative estimate of drug-likeness (QED) is 0.625. The van der Waals surface area contributed by atoms with Gasteiger partial charge in [0, 0.05) is 0 Å². The molecule has 1 atom stereocenters. The van der Waals surface area contributed by atoms with Crippen LogP contribution in [0.4, 0.5) is 0 Å². The normalized spacial score (nSPS) is 17.4. The summed E-state index contributed by atoms with van der Waals surface area (Å²) in [6.45, 7) is 5.73. The van der Waals surface area contributed by atoms with Crippen LogP contribution in [0.5, 0.6) is 0 Å². The van der Waals surface area contributed by atoms with Gasteiger partial charge in [0.2, 0.25) is 0 Å². The topological polar surface area (TPSA) is 40.5 Å². The average Bonchev–Trinajstić information content (AvgIpc) is 1.85. The summed E-state index contributed by atoms with van der Waals surface area (Å²) in [7, 11) is 0. The molecule has 0 rings (SSSR count). The van der Waals surface area contributed by atoms with Crippen molar-refractivity contribution in [1.82, 2.24) is 0 Å². The first kappa shape index (κ1) is 9.92. The predicted octanol–water partition coefficient (Wildman–Crippen LogP) is 1.17. The second kappa shape index (κ2) is 3.94. The maximum Gasteiger partial charge on any atom is 0.0849 e. The fraction of sp³-hybridized carbons (Fsp3) is 1.00. The Morgan fingerprint density at radius 2 is 1.90 bits per heavy atom. The average molecular weight is 146 g/mol. The Labute approximate surface area is 62.9 Å². The third-order valence-corrected chi connectivity index (χ3v) is 1.60. The molecule has 0 saturated heterocycles. The van der Waals surface area contributed by atoms with Crippen LogP contribution in [0, 0.1) is 5.92 Å². The molecule has 2 nitrogen and oxygen atoms in total. The van der Waals surface area contributed by atoms with Gasteiger partial charge < -0.3 is 10.2 Å². The van der Waals surface area contributed by atoms with Crippen molar-refractivity contribution in [3.05, 3.63) is 0 Å². The van der Waals surface area contributed by atoms with Gasteiger partial charge >= 0.3 is 0 Å². The number of aliphatic hydroxyl groups excluding tert-OH is 1. The van der Waals surface area contributed by atoms with E-state index in [1.54, 1.807) is 6.92 Å². The van der Waals surface area contributed by atoms with Crippen LogP contribution in [0.15, 0.2) is 0 Å². The van der Waals surface area contributed by atoms with E-state index in [1.807, 2.05) is 0 Å². The van der Waals surface area contributed by atoms with E-state index in [1.165, 1.54) is 0 Å². The van der Waals surface area contributed by atoms with Gasteiger partial charge in [0.15, 0.2) is 0 Å². The highest BCUT2D eigenvalue weighted by Crippen LogP contribution is 2.14. The van der Waals surface area contributed by atoms with Crippen molar-refractivity contribution < 1.29 is 10.2 Å². The van der Waals surface area contributed by atoms with E-state index >= 15 is 0 Å². The molecule has 10 heavy (non-hydrogen) atoms. The molecule has 0 saturated carbocycles. The number of rotatable bonds is 4. The zero-order valence-electron chi connectivity index (χ0n) is 7.09. The standard InChI is InChI=1S/C8H18O2/c1-7(2)4-5-8(3,10)6-9/h7,9-10H,4-6H2,1-3H3/t8-/m0/s1. The van der Waals surface area contributed by atoms with Crippen LogP contribution in [-0.2, 0) is 0 Å². The van der Waals surface area contributed by atoms with Crippen molar-refractivity contribution in [3.63, 3.8) is 0 Å². The Morgan fingerprint density at radius 1 is 1.40 bits per heavy atom. The molecular weight excluding hydrogens is 128 g/mol. The minimum Gasteiger partial charge on any atom is -0.393 e. The molecule has 0 aliphatic rings. The molecule has 0 aromatic rings. The molecule has 0 bridgehead atoms. The zero-order chi connectivity index (χ0) is 8.20. The van der Waals surface area contributed by atoms with Gasteiger partial charge in [0.25, 0.3) is 0 Å². The lowest BCUT2D eigenvalue weighted by molar-refractivity contribution is -0.00880. The minimum atomic E-state index is -0.871. The van der Waals surface area contributed by atoms with Crippen molar-refractivity contribution in [3.8, 4) is 0 Å². The zero-order valence-corrected chi connectivity index (χ0v) is 7.09. The lowest BCUT2D eigenvalue weighted by Gasteiger charge is -2.20. The van der Waals surface area contributed by atoms with E-state index in [-0.39, 0.29) is 6.61 Å². The summed E-state index contributed by atoms with van der Waals surface area (Å²) in [6, 6.07) is 0. The van der Waals surface area contributed by atoms with Gasteiger partial charge in [0.05, 0.1) is 12.2 Å². The molecule has 0 amide bonds.